The number of hydrogen-bond donors (Lipinski definition) is 0. The normalized spacial score (nSPS) is 7.71. The monoisotopic (exact) mass is 337 g/mol. The number of carbonyl (C=O) groups is 2. The summed E-state index contributed by atoms with van der Waals surface area (Å²) in [5.74, 6) is 6.37. The third-order valence-electron chi connectivity index (χ3n) is 2.19. The third-order valence-corrected chi connectivity index (χ3v) is 2.19. The molecular formula is C16H22CoO4. The van der Waals surface area contributed by atoms with Gasteiger partial charge >= 0.3 is 16.8 Å². The number of unbranched alkanes of at least 4 members (excludes halogenated alkanes) is 6. The fourth-order valence-corrected chi connectivity index (χ4v) is 1.20. The summed E-state index contributed by atoms with van der Waals surface area (Å²) >= 11 is 0. The number of carbonyl (C=O) groups excluding carboxylic acids is 2. The van der Waals surface area contributed by atoms with Crippen molar-refractivity contribution < 1.29 is 36.6 Å². The van der Waals surface area contributed by atoms with Crippen LogP contribution in [0.3, 0.4) is 0 Å². The molecule has 0 aromatic rings. The van der Waals surface area contributed by atoms with Gasteiger partial charge in [0.2, 0.25) is 0 Å². The van der Waals surface area contributed by atoms with Crippen molar-refractivity contribution in [2.24, 2.45) is 0 Å². The molecule has 0 saturated heterocycles. The summed E-state index contributed by atoms with van der Waals surface area (Å²) in [6.45, 7) is 4.18. The van der Waals surface area contributed by atoms with Gasteiger partial charge in [-0.25, -0.2) is 0 Å². The summed E-state index contributed by atoms with van der Waals surface area (Å²) in [6, 6.07) is 0. The molecule has 0 spiro atoms. The molecule has 0 fully saturated rings. The number of rotatable bonds is 6. The van der Waals surface area contributed by atoms with Crippen LogP contribution in [0.2, 0.25) is 0 Å². The Labute approximate surface area is 137 Å². The van der Waals surface area contributed by atoms with Gasteiger partial charge < -0.3 is 19.8 Å². The van der Waals surface area contributed by atoms with E-state index in [0.717, 1.165) is 38.5 Å². The second-order valence-corrected chi connectivity index (χ2v) is 4.09. The van der Waals surface area contributed by atoms with Crippen molar-refractivity contribution in [2.75, 3.05) is 0 Å². The molecule has 0 rings (SSSR count). The van der Waals surface area contributed by atoms with Crippen molar-refractivity contribution >= 4 is 11.9 Å². The Morgan fingerprint density at radius 1 is 0.762 bits per heavy atom. The molecule has 1 radical (unpaired) electrons. The molecule has 0 saturated carbocycles. The zero-order valence-corrected chi connectivity index (χ0v) is 13.7. The standard InChI is InChI=1S/2C8H12O2.Co/c2*1-2-3-4-5-6-7-8(9)10;/h2*2-5H2,1H3,(H,9,10);/q;;+2/p-2. The van der Waals surface area contributed by atoms with Crippen LogP contribution in [0.25, 0.3) is 0 Å². The van der Waals surface area contributed by atoms with E-state index in [9.17, 15) is 19.8 Å². The van der Waals surface area contributed by atoms with E-state index in [1.54, 1.807) is 0 Å². The minimum atomic E-state index is -1.28. The Balaban J connectivity index is -0.000000295. The zero-order chi connectivity index (χ0) is 15.6. The van der Waals surface area contributed by atoms with Gasteiger partial charge in [-0.3, -0.25) is 0 Å². The van der Waals surface area contributed by atoms with E-state index in [2.05, 4.69) is 25.7 Å². The van der Waals surface area contributed by atoms with Crippen molar-refractivity contribution in [2.45, 2.75) is 65.2 Å². The minimum absolute atomic E-state index is 0. The van der Waals surface area contributed by atoms with Gasteiger partial charge in [-0.2, -0.15) is 0 Å². The van der Waals surface area contributed by atoms with E-state index in [1.807, 2.05) is 11.8 Å². The van der Waals surface area contributed by atoms with Crippen molar-refractivity contribution in [1.29, 1.82) is 0 Å². The topological polar surface area (TPSA) is 80.3 Å². The average molecular weight is 337 g/mol. The molecule has 5 heteroatoms. The predicted octanol–water partition coefficient (Wildman–Crippen LogP) is 0.638. The Morgan fingerprint density at radius 2 is 1.10 bits per heavy atom. The molecule has 0 aromatic carbocycles. The van der Waals surface area contributed by atoms with Gasteiger partial charge in [0, 0.05) is 12.8 Å². The van der Waals surface area contributed by atoms with Gasteiger partial charge in [-0.15, -0.1) is 0 Å². The van der Waals surface area contributed by atoms with E-state index >= 15 is 0 Å². The largest absolute Gasteiger partial charge is 2.00 e. The smallest absolute Gasteiger partial charge is 0.537 e. The van der Waals surface area contributed by atoms with Crippen LogP contribution in [0, 0.1) is 23.7 Å². The first kappa shape index (κ1) is 24.6. The van der Waals surface area contributed by atoms with Crippen LogP contribution in [0.5, 0.6) is 0 Å². The zero-order valence-electron chi connectivity index (χ0n) is 12.6. The molecule has 0 atom stereocenters. The Kier molecular flexibility index (Phi) is 24.4. The number of hydrogen-bond acceptors (Lipinski definition) is 4. The molecule has 0 aromatic heterocycles. The van der Waals surface area contributed by atoms with Crippen LogP contribution in [-0.4, -0.2) is 11.9 Å². The second kappa shape index (κ2) is 20.9. The third kappa shape index (κ3) is 32.3. The van der Waals surface area contributed by atoms with Crippen molar-refractivity contribution in [3.05, 3.63) is 0 Å². The predicted molar refractivity (Wildman–Crippen MR) is 73.9 cm³/mol. The first-order chi connectivity index (χ1) is 9.54. The van der Waals surface area contributed by atoms with E-state index in [0.29, 0.717) is 12.8 Å². The molecule has 0 unspecified atom stereocenters. The molecular weight excluding hydrogens is 315 g/mol. The molecule has 0 aliphatic carbocycles. The summed E-state index contributed by atoms with van der Waals surface area (Å²) in [6.07, 6.45) is 7.79. The van der Waals surface area contributed by atoms with Crippen molar-refractivity contribution in [1.82, 2.24) is 0 Å². The summed E-state index contributed by atoms with van der Waals surface area (Å²) < 4.78 is 0. The van der Waals surface area contributed by atoms with E-state index < -0.39 is 11.9 Å². The van der Waals surface area contributed by atoms with Gasteiger partial charge in [0.05, 0.1) is 0 Å². The molecule has 0 heterocycles. The Bertz CT molecular complexity index is 345. The molecule has 0 aliphatic rings. The van der Waals surface area contributed by atoms with Crippen molar-refractivity contribution in [3.63, 3.8) is 0 Å². The maximum atomic E-state index is 9.75. The van der Waals surface area contributed by atoms with Gasteiger partial charge in [0.1, 0.15) is 11.9 Å². The van der Waals surface area contributed by atoms with Crippen LogP contribution < -0.4 is 10.2 Å². The Morgan fingerprint density at radius 3 is 1.33 bits per heavy atom. The van der Waals surface area contributed by atoms with Gasteiger partial charge in [0.15, 0.2) is 0 Å². The van der Waals surface area contributed by atoms with Crippen LogP contribution in [0.4, 0.5) is 0 Å². The first-order valence-electron chi connectivity index (χ1n) is 6.94. The number of carboxylic acids is 2. The number of carboxylic acid groups (broad SMARTS) is 2. The van der Waals surface area contributed by atoms with E-state index in [1.165, 1.54) is 0 Å². The maximum Gasteiger partial charge on any atom is 2.00 e. The molecule has 0 aliphatic heterocycles. The first-order valence-corrected chi connectivity index (χ1v) is 6.94. The molecule has 0 bridgehead atoms. The SMILES string of the molecule is CCCCCC#CC(=O)[O-].CCCCCC#CC(=O)[O-].[Co+2]. The molecule has 119 valence electrons. The fourth-order valence-electron chi connectivity index (χ4n) is 1.20. The minimum Gasteiger partial charge on any atom is -0.537 e. The molecule has 4 nitrogen and oxygen atoms in total. The van der Waals surface area contributed by atoms with Crippen LogP contribution in [0.1, 0.15) is 65.2 Å². The summed E-state index contributed by atoms with van der Waals surface area (Å²) in [5, 5.41) is 19.5. The summed E-state index contributed by atoms with van der Waals surface area (Å²) in [5.41, 5.74) is 0. The van der Waals surface area contributed by atoms with E-state index in [-0.39, 0.29) is 16.8 Å². The quantitative estimate of drug-likeness (QED) is 0.526. The second-order valence-electron chi connectivity index (χ2n) is 4.09. The molecule has 21 heavy (non-hydrogen) atoms. The summed E-state index contributed by atoms with van der Waals surface area (Å²) in [4.78, 5) is 19.5. The van der Waals surface area contributed by atoms with Crippen LogP contribution in [-0.2, 0) is 26.4 Å². The van der Waals surface area contributed by atoms with Crippen LogP contribution >= 0.6 is 0 Å². The van der Waals surface area contributed by atoms with E-state index in [4.69, 9.17) is 0 Å². The van der Waals surface area contributed by atoms with Gasteiger partial charge in [0.25, 0.3) is 0 Å². The average Bonchev–Trinajstić information content (AvgIpc) is 2.38. The van der Waals surface area contributed by atoms with Gasteiger partial charge in [-0.05, 0) is 24.7 Å². The number of aliphatic carboxylic acids is 2. The maximum absolute atomic E-state index is 9.75. The van der Waals surface area contributed by atoms with Crippen LogP contribution in [0.15, 0.2) is 0 Å². The summed E-state index contributed by atoms with van der Waals surface area (Å²) in [7, 11) is 0. The van der Waals surface area contributed by atoms with Crippen molar-refractivity contribution in [3.8, 4) is 23.7 Å². The Hall–Kier alpha value is -1.43. The van der Waals surface area contributed by atoms with Gasteiger partial charge in [-0.1, -0.05) is 51.4 Å². The fraction of sp³-hybridized carbons (Fsp3) is 0.625. The molecule has 0 amide bonds. The molecule has 0 N–H and O–H groups in total.